The van der Waals surface area contributed by atoms with E-state index >= 15 is 0 Å². The second-order valence-corrected chi connectivity index (χ2v) is 7.60. The average Bonchev–Trinajstić information content (AvgIpc) is 3.01. The van der Waals surface area contributed by atoms with E-state index in [0.29, 0.717) is 11.4 Å². The summed E-state index contributed by atoms with van der Waals surface area (Å²) >= 11 is 12.2. The number of aryl methyl sites for hydroxylation is 2. The van der Waals surface area contributed by atoms with Gasteiger partial charge < -0.3 is 10.6 Å². The first-order chi connectivity index (χ1) is 14.2. The molecule has 156 valence electrons. The molecule has 1 heterocycles. The van der Waals surface area contributed by atoms with Gasteiger partial charge in [0.05, 0.1) is 27.0 Å². The zero-order valence-corrected chi connectivity index (χ0v) is 18.0. The molecule has 0 unspecified atom stereocenters. The van der Waals surface area contributed by atoms with Crippen LogP contribution in [0.1, 0.15) is 34.7 Å². The summed E-state index contributed by atoms with van der Waals surface area (Å²) in [5.74, 6) is -1.73. The topological polar surface area (TPSA) is 76.0 Å². The van der Waals surface area contributed by atoms with Gasteiger partial charge in [-0.2, -0.15) is 5.10 Å². The molecule has 2 aromatic carbocycles. The number of amides is 2. The van der Waals surface area contributed by atoms with E-state index in [2.05, 4.69) is 15.7 Å². The number of hydrogen-bond donors (Lipinski definition) is 2. The molecular weight excluding hydrogens is 430 g/mol. The number of carbonyl (C=O) groups is 2. The number of nitrogens with zero attached hydrogens (tertiary/aromatic N) is 2. The van der Waals surface area contributed by atoms with Gasteiger partial charge in [-0.15, -0.1) is 0 Å². The summed E-state index contributed by atoms with van der Waals surface area (Å²) in [4.78, 5) is 24.9. The Morgan fingerprint density at radius 3 is 2.40 bits per heavy atom. The van der Waals surface area contributed by atoms with Gasteiger partial charge in [0.25, 0.3) is 5.91 Å². The van der Waals surface area contributed by atoms with Gasteiger partial charge in [0.2, 0.25) is 5.91 Å². The highest BCUT2D eigenvalue weighted by molar-refractivity contribution is 6.35. The van der Waals surface area contributed by atoms with E-state index < -0.39 is 17.8 Å². The number of benzene rings is 2. The smallest absolute Gasteiger partial charge is 0.260 e. The van der Waals surface area contributed by atoms with E-state index in [9.17, 15) is 14.0 Å². The molecule has 0 radical (unpaired) electrons. The van der Waals surface area contributed by atoms with Crippen LogP contribution < -0.4 is 10.6 Å². The number of anilines is 2. The van der Waals surface area contributed by atoms with Crippen molar-refractivity contribution in [2.24, 2.45) is 0 Å². The van der Waals surface area contributed by atoms with Crippen molar-refractivity contribution >= 4 is 46.4 Å². The number of carbonyl (C=O) groups excluding carboxylic acids is 2. The van der Waals surface area contributed by atoms with E-state index in [4.69, 9.17) is 23.2 Å². The summed E-state index contributed by atoms with van der Waals surface area (Å²) in [5, 5.41) is 9.82. The minimum atomic E-state index is -0.729. The van der Waals surface area contributed by atoms with Crippen LogP contribution in [0.3, 0.4) is 0 Å². The van der Waals surface area contributed by atoms with Gasteiger partial charge in [-0.25, -0.2) is 4.39 Å². The lowest BCUT2D eigenvalue weighted by Gasteiger charge is -2.16. The van der Waals surface area contributed by atoms with Crippen LogP contribution in [0.15, 0.2) is 42.5 Å². The molecule has 0 saturated carbocycles. The van der Waals surface area contributed by atoms with Gasteiger partial charge in [0.1, 0.15) is 11.9 Å². The molecular formula is C21H19Cl2FN4O2. The van der Waals surface area contributed by atoms with Crippen LogP contribution in [0.5, 0.6) is 0 Å². The van der Waals surface area contributed by atoms with Crippen molar-refractivity contribution in [3.63, 3.8) is 0 Å². The molecule has 0 aliphatic heterocycles. The van der Waals surface area contributed by atoms with Crippen molar-refractivity contribution in [2.75, 3.05) is 10.6 Å². The summed E-state index contributed by atoms with van der Waals surface area (Å²) in [6.07, 6.45) is 0. The largest absolute Gasteiger partial charge is 0.323 e. The van der Waals surface area contributed by atoms with E-state index in [1.165, 1.54) is 18.2 Å². The maximum Gasteiger partial charge on any atom is 0.260 e. The minimum absolute atomic E-state index is 0.000574. The molecule has 1 atom stereocenters. The predicted molar refractivity (Wildman–Crippen MR) is 116 cm³/mol. The highest BCUT2D eigenvalue weighted by Gasteiger charge is 2.20. The normalized spacial score (nSPS) is 11.8. The standard InChI is InChI=1S/C21H19Cl2FN4O2/c1-11-9-12(2)28(27-11)13(3)20(29)26-18-8-7-14(10-16(18)23)25-21(30)19-15(22)5-4-6-17(19)24/h4-10,13H,1-3H3,(H,25,30)(H,26,29)/t13-/m1/s1. The molecule has 6 nitrogen and oxygen atoms in total. The zero-order chi connectivity index (χ0) is 22.0. The van der Waals surface area contributed by atoms with Gasteiger partial charge in [-0.1, -0.05) is 29.3 Å². The van der Waals surface area contributed by atoms with Crippen LogP contribution in [-0.2, 0) is 4.79 Å². The SMILES string of the molecule is Cc1cc(C)n([C@H](C)C(=O)Nc2ccc(NC(=O)c3c(F)cccc3Cl)cc2Cl)n1. The lowest BCUT2D eigenvalue weighted by atomic mass is 10.2. The summed E-state index contributed by atoms with van der Waals surface area (Å²) in [6, 6.07) is 9.88. The first kappa shape index (κ1) is 21.8. The van der Waals surface area contributed by atoms with Crippen LogP contribution in [0.25, 0.3) is 0 Å². The van der Waals surface area contributed by atoms with Crippen molar-refractivity contribution in [1.29, 1.82) is 0 Å². The van der Waals surface area contributed by atoms with Crippen LogP contribution >= 0.6 is 23.2 Å². The molecule has 3 aromatic rings. The number of halogens is 3. The Balaban J connectivity index is 1.73. The quantitative estimate of drug-likeness (QED) is 0.548. The number of rotatable bonds is 5. The summed E-state index contributed by atoms with van der Waals surface area (Å²) in [5.41, 5.74) is 2.13. The first-order valence-electron chi connectivity index (χ1n) is 9.06. The van der Waals surface area contributed by atoms with Crippen molar-refractivity contribution in [1.82, 2.24) is 9.78 Å². The average molecular weight is 449 g/mol. The maximum absolute atomic E-state index is 13.9. The molecule has 0 fully saturated rings. The van der Waals surface area contributed by atoms with E-state index in [1.807, 2.05) is 19.9 Å². The summed E-state index contributed by atoms with van der Waals surface area (Å²) in [7, 11) is 0. The van der Waals surface area contributed by atoms with Gasteiger partial charge in [-0.05, 0) is 57.2 Å². The number of hydrogen-bond acceptors (Lipinski definition) is 3. The Bertz CT molecular complexity index is 1110. The summed E-state index contributed by atoms with van der Waals surface area (Å²) in [6.45, 7) is 5.46. The molecule has 0 spiro atoms. The molecule has 3 rings (SSSR count). The second kappa shape index (κ2) is 8.85. The van der Waals surface area contributed by atoms with Crippen LogP contribution in [0, 0.1) is 19.7 Å². The molecule has 1 aromatic heterocycles. The fourth-order valence-corrected chi connectivity index (χ4v) is 3.47. The zero-order valence-electron chi connectivity index (χ0n) is 16.5. The lowest BCUT2D eigenvalue weighted by molar-refractivity contribution is -0.119. The van der Waals surface area contributed by atoms with Gasteiger partial charge in [0, 0.05) is 11.4 Å². The summed E-state index contributed by atoms with van der Waals surface area (Å²) < 4.78 is 15.5. The highest BCUT2D eigenvalue weighted by Crippen LogP contribution is 2.28. The third kappa shape index (κ3) is 4.63. The molecule has 9 heteroatoms. The minimum Gasteiger partial charge on any atom is -0.323 e. The van der Waals surface area contributed by atoms with E-state index in [0.717, 1.165) is 17.5 Å². The molecule has 0 aliphatic carbocycles. The Hall–Kier alpha value is -2.90. The van der Waals surface area contributed by atoms with Crippen LogP contribution in [0.2, 0.25) is 10.0 Å². The van der Waals surface area contributed by atoms with Crippen molar-refractivity contribution < 1.29 is 14.0 Å². The predicted octanol–water partition coefficient (Wildman–Crippen LogP) is 5.40. The van der Waals surface area contributed by atoms with E-state index in [-0.39, 0.29) is 21.5 Å². The maximum atomic E-state index is 13.9. The monoisotopic (exact) mass is 448 g/mol. The molecule has 0 saturated heterocycles. The molecule has 2 N–H and O–H groups in total. The third-order valence-corrected chi connectivity index (χ3v) is 5.09. The van der Waals surface area contributed by atoms with Crippen molar-refractivity contribution in [3.05, 3.63) is 75.3 Å². The van der Waals surface area contributed by atoms with Crippen molar-refractivity contribution in [2.45, 2.75) is 26.8 Å². The molecule has 2 amide bonds. The Morgan fingerprint density at radius 1 is 1.07 bits per heavy atom. The van der Waals surface area contributed by atoms with E-state index in [1.54, 1.807) is 23.7 Å². The fraction of sp³-hybridized carbons (Fsp3) is 0.190. The van der Waals surface area contributed by atoms with Gasteiger partial charge >= 0.3 is 0 Å². The number of aromatic nitrogens is 2. The lowest BCUT2D eigenvalue weighted by Crippen LogP contribution is -2.25. The Morgan fingerprint density at radius 2 is 1.80 bits per heavy atom. The van der Waals surface area contributed by atoms with Crippen molar-refractivity contribution in [3.8, 4) is 0 Å². The van der Waals surface area contributed by atoms with Crippen LogP contribution in [0.4, 0.5) is 15.8 Å². The highest BCUT2D eigenvalue weighted by atomic mass is 35.5. The van der Waals surface area contributed by atoms with Crippen LogP contribution in [-0.4, -0.2) is 21.6 Å². The molecule has 0 bridgehead atoms. The van der Waals surface area contributed by atoms with Gasteiger partial charge in [0.15, 0.2) is 0 Å². The molecule has 30 heavy (non-hydrogen) atoms. The second-order valence-electron chi connectivity index (χ2n) is 6.78. The Kier molecular flexibility index (Phi) is 6.43. The first-order valence-corrected chi connectivity index (χ1v) is 9.81. The Labute approximate surface area is 183 Å². The van der Waals surface area contributed by atoms with Gasteiger partial charge in [-0.3, -0.25) is 14.3 Å². The molecule has 0 aliphatic rings. The fourth-order valence-electron chi connectivity index (χ4n) is 2.99. The third-order valence-electron chi connectivity index (χ3n) is 4.47. The number of nitrogens with one attached hydrogen (secondary N) is 2.